The van der Waals surface area contributed by atoms with E-state index in [1.54, 1.807) is 4.90 Å². The number of nitrogens with zero attached hydrogens (tertiary/aromatic N) is 3. The number of nitro groups is 1. The minimum absolute atomic E-state index is 0.153. The number of nitro benzene ring substituents is 1. The normalized spacial score (nSPS) is 15.6. The number of non-ortho nitro benzene ring substituents is 1. The third kappa shape index (κ3) is 2.60. The third-order valence-electron chi connectivity index (χ3n) is 3.94. The third-order valence-corrected chi connectivity index (χ3v) is 3.94. The summed E-state index contributed by atoms with van der Waals surface area (Å²) in [6, 6.07) is 11.6. The fourth-order valence-corrected chi connectivity index (χ4v) is 2.70. The lowest BCUT2D eigenvalue weighted by atomic mass is 9.85. The first kappa shape index (κ1) is 14.9. The minimum Gasteiger partial charge on any atom is -0.381 e. The molecule has 0 aliphatic carbocycles. The minimum atomic E-state index is -1.12. The van der Waals surface area contributed by atoms with Crippen LogP contribution in [0.4, 0.5) is 15.8 Å². The number of benzene rings is 2. The number of anilines is 1. The highest BCUT2D eigenvalue weighted by molar-refractivity contribution is 5.65. The highest BCUT2D eigenvalue weighted by Gasteiger charge is 2.43. The molecule has 1 heterocycles. The molecule has 1 N–H and O–H groups in total. The fourth-order valence-electron chi connectivity index (χ4n) is 2.70. The van der Waals surface area contributed by atoms with Crippen molar-refractivity contribution in [3.05, 3.63) is 69.5 Å². The predicted molar refractivity (Wildman–Crippen MR) is 80.3 cm³/mol. The van der Waals surface area contributed by atoms with Crippen LogP contribution in [0.5, 0.6) is 0 Å². The van der Waals surface area contributed by atoms with E-state index < -0.39 is 10.5 Å². The molecule has 1 fully saturated rings. The molecule has 2 aromatic carbocycles. The zero-order chi connectivity index (χ0) is 16.6. The van der Waals surface area contributed by atoms with Gasteiger partial charge in [0.2, 0.25) is 0 Å². The summed E-state index contributed by atoms with van der Waals surface area (Å²) < 4.78 is 13.0. The summed E-state index contributed by atoms with van der Waals surface area (Å²) in [6.45, 7) is 0.455. The van der Waals surface area contributed by atoms with Crippen molar-refractivity contribution in [1.29, 1.82) is 5.26 Å². The molecule has 0 amide bonds. The van der Waals surface area contributed by atoms with Crippen LogP contribution in [0.25, 0.3) is 0 Å². The summed E-state index contributed by atoms with van der Waals surface area (Å²) in [5.74, 6) is -0.379. The Bertz CT molecular complexity index is 808. The van der Waals surface area contributed by atoms with E-state index >= 15 is 0 Å². The van der Waals surface area contributed by atoms with Crippen molar-refractivity contribution in [3.63, 3.8) is 0 Å². The molecule has 0 atom stereocenters. The molecular formula is C16H12FN3O3. The highest BCUT2D eigenvalue weighted by Crippen LogP contribution is 2.37. The maximum atomic E-state index is 13.0. The zero-order valence-corrected chi connectivity index (χ0v) is 11.9. The standard InChI is InChI=1S/C16H12FN3O3/c17-13-3-1-12(2-4-13)16(21)9-19(10-16)15-6-5-14(20(22)23)7-11(15)8-18/h1-7,21H,9-10H2. The molecular weight excluding hydrogens is 301 g/mol. The van der Waals surface area contributed by atoms with Crippen LogP contribution >= 0.6 is 0 Å². The number of β-amino-alcohol motifs (C(OH)–C–C–N with tert-alkyl or cyclic N) is 1. The Balaban J connectivity index is 1.83. The molecule has 6 nitrogen and oxygen atoms in total. The number of rotatable bonds is 3. The van der Waals surface area contributed by atoms with Crippen LogP contribution in [-0.2, 0) is 5.60 Å². The van der Waals surface area contributed by atoms with E-state index in [0.717, 1.165) is 0 Å². The molecule has 0 saturated carbocycles. The van der Waals surface area contributed by atoms with Crippen LogP contribution in [0, 0.1) is 27.3 Å². The Hall–Kier alpha value is -2.98. The summed E-state index contributed by atoms with van der Waals surface area (Å²) in [6.07, 6.45) is 0. The maximum Gasteiger partial charge on any atom is 0.270 e. The van der Waals surface area contributed by atoms with Gasteiger partial charge in [-0.25, -0.2) is 4.39 Å². The molecule has 0 aromatic heterocycles. The number of nitriles is 1. The van der Waals surface area contributed by atoms with E-state index in [1.165, 1.54) is 42.5 Å². The molecule has 1 aliphatic rings. The smallest absolute Gasteiger partial charge is 0.270 e. The lowest BCUT2D eigenvalue weighted by Gasteiger charge is -2.48. The van der Waals surface area contributed by atoms with Crippen LogP contribution in [0.3, 0.4) is 0 Å². The van der Waals surface area contributed by atoms with Crippen molar-refractivity contribution in [3.8, 4) is 6.07 Å². The number of hydrogen-bond acceptors (Lipinski definition) is 5. The molecule has 0 bridgehead atoms. The molecule has 0 unspecified atom stereocenters. The van der Waals surface area contributed by atoms with Crippen molar-refractivity contribution in [2.75, 3.05) is 18.0 Å². The summed E-state index contributed by atoms with van der Waals surface area (Å²) in [4.78, 5) is 12.0. The molecule has 1 aliphatic heterocycles. The number of halogens is 1. The number of aliphatic hydroxyl groups is 1. The van der Waals surface area contributed by atoms with Crippen LogP contribution in [0.15, 0.2) is 42.5 Å². The Morgan fingerprint density at radius 1 is 1.26 bits per heavy atom. The van der Waals surface area contributed by atoms with E-state index in [9.17, 15) is 19.6 Å². The lowest BCUT2D eigenvalue weighted by Crippen LogP contribution is -2.59. The van der Waals surface area contributed by atoms with Crippen LogP contribution in [0.1, 0.15) is 11.1 Å². The number of hydrogen-bond donors (Lipinski definition) is 1. The van der Waals surface area contributed by atoms with Crippen molar-refractivity contribution in [2.24, 2.45) is 0 Å². The van der Waals surface area contributed by atoms with E-state index in [2.05, 4.69) is 0 Å². The summed E-state index contributed by atoms with van der Waals surface area (Å²) in [5, 5.41) is 30.5. The van der Waals surface area contributed by atoms with Gasteiger partial charge in [0.25, 0.3) is 5.69 Å². The van der Waals surface area contributed by atoms with E-state index in [-0.39, 0.29) is 30.2 Å². The first-order valence-electron chi connectivity index (χ1n) is 6.85. The Labute approximate surface area is 131 Å². The molecule has 7 heteroatoms. The summed E-state index contributed by atoms with van der Waals surface area (Å²) in [7, 11) is 0. The lowest BCUT2D eigenvalue weighted by molar-refractivity contribution is -0.384. The van der Waals surface area contributed by atoms with Gasteiger partial charge in [0.15, 0.2) is 0 Å². The van der Waals surface area contributed by atoms with Gasteiger partial charge >= 0.3 is 0 Å². The van der Waals surface area contributed by atoms with Gasteiger partial charge in [-0.3, -0.25) is 10.1 Å². The molecule has 0 spiro atoms. The van der Waals surface area contributed by atoms with Gasteiger partial charge in [-0.15, -0.1) is 0 Å². The molecule has 1 saturated heterocycles. The molecule has 23 heavy (non-hydrogen) atoms. The van der Waals surface area contributed by atoms with Gasteiger partial charge in [0.05, 0.1) is 29.3 Å². The van der Waals surface area contributed by atoms with E-state index in [1.807, 2.05) is 6.07 Å². The molecule has 2 aromatic rings. The first-order chi connectivity index (χ1) is 10.9. The zero-order valence-electron chi connectivity index (χ0n) is 11.9. The topological polar surface area (TPSA) is 90.4 Å². The van der Waals surface area contributed by atoms with E-state index in [4.69, 9.17) is 5.26 Å². The molecule has 0 radical (unpaired) electrons. The second kappa shape index (κ2) is 5.34. The van der Waals surface area contributed by atoms with Crippen LogP contribution < -0.4 is 4.90 Å². The molecule has 3 rings (SSSR count). The fraction of sp³-hybridized carbons (Fsp3) is 0.188. The predicted octanol–water partition coefficient (Wildman–Crippen LogP) is 2.31. The quantitative estimate of drug-likeness (QED) is 0.693. The average molecular weight is 313 g/mol. The Morgan fingerprint density at radius 3 is 2.48 bits per heavy atom. The highest BCUT2D eigenvalue weighted by atomic mass is 19.1. The second-order valence-corrected chi connectivity index (χ2v) is 5.46. The summed E-state index contributed by atoms with van der Waals surface area (Å²) in [5.41, 5.74) is 0.0304. The maximum absolute atomic E-state index is 13.0. The molecule has 116 valence electrons. The first-order valence-corrected chi connectivity index (χ1v) is 6.85. The van der Waals surface area contributed by atoms with Gasteiger partial charge in [-0.05, 0) is 23.8 Å². The van der Waals surface area contributed by atoms with E-state index in [0.29, 0.717) is 11.3 Å². The van der Waals surface area contributed by atoms with Gasteiger partial charge in [0, 0.05) is 12.1 Å². The van der Waals surface area contributed by atoms with Crippen molar-refractivity contribution in [1.82, 2.24) is 0 Å². The van der Waals surface area contributed by atoms with Crippen molar-refractivity contribution >= 4 is 11.4 Å². The Morgan fingerprint density at radius 2 is 1.91 bits per heavy atom. The largest absolute Gasteiger partial charge is 0.381 e. The Kier molecular flexibility index (Phi) is 3.47. The van der Waals surface area contributed by atoms with Gasteiger partial charge in [-0.1, -0.05) is 12.1 Å². The van der Waals surface area contributed by atoms with Crippen LogP contribution in [-0.4, -0.2) is 23.1 Å². The van der Waals surface area contributed by atoms with Gasteiger partial charge in [0.1, 0.15) is 17.5 Å². The van der Waals surface area contributed by atoms with Crippen molar-refractivity contribution < 1.29 is 14.4 Å². The van der Waals surface area contributed by atoms with Gasteiger partial charge < -0.3 is 10.0 Å². The van der Waals surface area contributed by atoms with Crippen molar-refractivity contribution in [2.45, 2.75) is 5.60 Å². The van der Waals surface area contributed by atoms with Crippen LogP contribution in [0.2, 0.25) is 0 Å². The summed E-state index contributed by atoms with van der Waals surface area (Å²) >= 11 is 0. The SMILES string of the molecule is N#Cc1cc([N+](=O)[O-])ccc1N1CC(O)(c2ccc(F)cc2)C1. The average Bonchev–Trinajstić information content (AvgIpc) is 2.52. The second-order valence-electron chi connectivity index (χ2n) is 5.46. The van der Waals surface area contributed by atoms with Gasteiger partial charge in [-0.2, -0.15) is 5.26 Å². The monoisotopic (exact) mass is 313 g/mol.